The maximum atomic E-state index is 5.10. The smallest absolute Gasteiger partial charge is 0.126 e. The van der Waals surface area contributed by atoms with Gasteiger partial charge in [-0.1, -0.05) is 6.08 Å². The van der Waals surface area contributed by atoms with Crippen molar-refractivity contribution in [1.82, 2.24) is 0 Å². The van der Waals surface area contributed by atoms with E-state index in [-0.39, 0.29) is 0 Å². The quantitative estimate of drug-likeness (QED) is 0.618. The zero-order valence-electron chi connectivity index (χ0n) is 6.62. The Morgan fingerprint density at radius 1 is 1.64 bits per heavy atom. The third kappa shape index (κ3) is 3.05. The van der Waals surface area contributed by atoms with E-state index in [2.05, 4.69) is 0 Å². The van der Waals surface area contributed by atoms with E-state index in [9.17, 15) is 0 Å². The van der Waals surface area contributed by atoms with Gasteiger partial charge in [0.1, 0.15) is 5.76 Å². The molecule has 0 aliphatic heterocycles. The second kappa shape index (κ2) is 4.74. The van der Waals surface area contributed by atoms with Crippen LogP contribution in [0, 0.1) is 0 Å². The zero-order chi connectivity index (χ0) is 7.94. The number of rotatable bonds is 4. The number of hydrogen-bond donors (Lipinski definition) is 0. The lowest BCUT2D eigenvalue weighted by molar-refractivity contribution is 0.178. The molecule has 1 rings (SSSR count). The highest BCUT2D eigenvalue weighted by molar-refractivity contribution is 5.41. The maximum Gasteiger partial charge on any atom is 0.126 e. The van der Waals surface area contributed by atoms with Gasteiger partial charge in [0.15, 0.2) is 0 Å². The topological polar surface area (TPSA) is 22.4 Å². The van der Waals surface area contributed by atoms with Crippen LogP contribution in [0.25, 0.3) is 6.08 Å². The highest BCUT2D eigenvalue weighted by atomic mass is 16.5. The van der Waals surface area contributed by atoms with Crippen LogP contribution in [0.1, 0.15) is 12.7 Å². The fraction of sp³-hybridized carbons (Fsp3) is 0.333. The highest BCUT2D eigenvalue weighted by Crippen LogP contribution is 2.01. The van der Waals surface area contributed by atoms with Gasteiger partial charge in [-0.05, 0) is 25.1 Å². The third-order valence-electron chi connectivity index (χ3n) is 1.24. The fourth-order valence-electron chi connectivity index (χ4n) is 0.736. The monoisotopic (exact) mass is 152 g/mol. The van der Waals surface area contributed by atoms with Crippen molar-refractivity contribution < 1.29 is 9.15 Å². The van der Waals surface area contributed by atoms with Crippen molar-refractivity contribution in [3.8, 4) is 0 Å². The molecule has 0 N–H and O–H groups in total. The molecule has 0 bridgehead atoms. The molecule has 60 valence electrons. The van der Waals surface area contributed by atoms with E-state index >= 15 is 0 Å². The Bertz CT molecular complexity index is 199. The average Bonchev–Trinajstić information content (AvgIpc) is 2.50. The van der Waals surface area contributed by atoms with Gasteiger partial charge in [-0.3, -0.25) is 0 Å². The number of ether oxygens (including phenoxy) is 1. The van der Waals surface area contributed by atoms with Crippen molar-refractivity contribution in [2.24, 2.45) is 0 Å². The molecule has 0 saturated carbocycles. The van der Waals surface area contributed by atoms with Gasteiger partial charge in [0.25, 0.3) is 0 Å². The molecule has 0 unspecified atom stereocenters. The minimum absolute atomic E-state index is 0.650. The molecule has 0 atom stereocenters. The molecular formula is C9H12O2. The van der Waals surface area contributed by atoms with Gasteiger partial charge >= 0.3 is 0 Å². The van der Waals surface area contributed by atoms with E-state index in [0.717, 1.165) is 12.4 Å². The van der Waals surface area contributed by atoms with Crippen LogP contribution < -0.4 is 0 Å². The molecule has 1 aromatic rings. The molecule has 11 heavy (non-hydrogen) atoms. The Hall–Kier alpha value is -1.02. The van der Waals surface area contributed by atoms with E-state index in [1.165, 1.54) is 0 Å². The molecule has 0 aliphatic rings. The van der Waals surface area contributed by atoms with Crippen molar-refractivity contribution in [2.75, 3.05) is 13.2 Å². The molecule has 2 heteroatoms. The van der Waals surface area contributed by atoms with Gasteiger partial charge in [0.2, 0.25) is 0 Å². The molecule has 0 radical (unpaired) electrons. The second-order valence-corrected chi connectivity index (χ2v) is 2.08. The first-order chi connectivity index (χ1) is 5.43. The van der Waals surface area contributed by atoms with Crippen molar-refractivity contribution in [3.63, 3.8) is 0 Å². The van der Waals surface area contributed by atoms with E-state index < -0.39 is 0 Å². The molecule has 0 amide bonds. The van der Waals surface area contributed by atoms with E-state index in [0.29, 0.717) is 6.61 Å². The Balaban J connectivity index is 2.25. The molecule has 1 aromatic heterocycles. The standard InChI is InChI=1S/C9H12O2/c1-2-10-7-3-5-9-6-4-8-11-9/h3-6,8H,2,7H2,1H3. The Kier molecular flexibility index (Phi) is 3.48. The van der Waals surface area contributed by atoms with Crippen LogP contribution in [-0.2, 0) is 4.74 Å². The van der Waals surface area contributed by atoms with Gasteiger partial charge < -0.3 is 9.15 Å². The van der Waals surface area contributed by atoms with Crippen LogP contribution in [0.5, 0.6) is 0 Å². The lowest BCUT2D eigenvalue weighted by Crippen LogP contribution is -1.87. The summed E-state index contributed by atoms with van der Waals surface area (Å²) in [6.45, 7) is 3.38. The van der Waals surface area contributed by atoms with Gasteiger partial charge in [0.05, 0.1) is 12.9 Å². The van der Waals surface area contributed by atoms with Crippen molar-refractivity contribution >= 4 is 6.08 Å². The van der Waals surface area contributed by atoms with Crippen LogP contribution in [0.2, 0.25) is 0 Å². The second-order valence-electron chi connectivity index (χ2n) is 2.08. The summed E-state index contributed by atoms with van der Waals surface area (Å²) in [4.78, 5) is 0. The highest BCUT2D eigenvalue weighted by Gasteiger charge is 1.85. The molecule has 0 aliphatic carbocycles. The van der Waals surface area contributed by atoms with E-state index in [1.54, 1.807) is 6.26 Å². The lowest BCUT2D eigenvalue weighted by Gasteiger charge is -1.91. The van der Waals surface area contributed by atoms with Crippen molar-refractivity contribution in [2.45, 2.75) is 6.92 Å². The number of furan rings is 1. The van der Waals surface area contributed by atoms with Crippen LogP contribution in [0.4, 0.5) is 0 Å². The SMILES string of the molecule is CCOCC=Cc1ccco1. The normalized spacial score (nSPS) is 11.0. The van der Waals surface area contributed by atoms with Crippen LogP contribution >= 0.6 is 0 Å². The van der Waals surface area contributed by atoms with Crippen LogP contribution in [0.15, 0.2) is 28.9 Å². The minimum atomic E-state index is 0.650. The molecule has 0 fully saturated rings. The fourth-order valence-corrected chi connectivity index (χ4v) is 0.736. The predicted molar refractivity (Wildman–Crippen MR) is 44.2 cm³/mol. The minimum Gasteiger partial charge on any atom is -0.465 e. The predicted octanol–water partition coefficient (Wildman–Crippen LogP) is 2.33. The van der Waals surface area contributed by atoms with Crippen LogP contribution in [-0.4, -0.2) is 13.2 Å². The Morgan fingerprint density at radius 2 is 2.55 bits per heavy atom. The summed E-state index contributed by atoms with van der Waals surface area (Å²) in [6.07, 6.45) is 5.48. The molecule has 0 spiro atoms. The summed E-state index contributed by atoms with van der Waals surface area (Å²) < 4.78 is 10.2. The molecule has 1 heterocycles. The third-order valence-corrected chi connectivity index (χ3v) is 1.24. The van der Waals surface area contributed by atoms with Crippen molar-refractivity contribution in [1.29, 1.82) is 0 Å². The maximum absolute atomic E-state index is 5.10. The summed E-state index contributed by atoms with van der Waals surface area (Å²) >= 11 is 0. The Morgan fingerprint density at radius 3 is 3.18 bits per heavy atom. The molecular weight excluding hydrogens is 140 g/mol. The summed E-state index contributed by atoms with van der Waals surface area (Å²) in [5.74, 6) is 0.865. The lowest BCUT2D eigenvalue weighted by atomic mass is 10.4. The van der Waals surface area contributed by atoms with Gasteiger partial charge in [-0.2, -0.15) is 0 Å². The van der Waals surface area contributed by atoms with Gasteiger partial charge in [-0.15, -0.1) is 0 Å². The van der Waals surface area contributed by atoms with E-state index in [4.69, 9.17) is 9.15 Å². The van der Waals surface area contributed by atoms with Crippen LogP contribution in [0.3, 0.4) is 0 Å². The summed E-state index contributed by atoms with van der Waals surface area (Å²) in [5.41, 5.74) is 0. The van der Waals surface area contributed by atoms with Crippen molar-refractivity contribution in [3.05, 3.63) is 30.2 Å². The van der Waals surface area contributed by atoms with E-state index in [1.807, 2.05) is 31.2 Å². The summed E-state index contributed by atoms with van der Waals surface area (Å²) in [6, 6.07) is 3.77. The first-order valence-electron chi connectivity index (χ1n) is 3.71. The zero-order valence-corrected chi connectivity index (χ0v) is 6.62. The summed E-state index contributed by atoms with van der Waals surface area (Å²) in [5, 5.41) is 0. The first kappa shape index (κ1) is 8.08. The molecule has 0 aromatic carbocycles. The van der Waals surface area contributed by atoms with Gasteiger partial charge in [0, 0.05) is 6.61 Å². The number of hydrogen-bond acceptors (Lipinski definition) is 2. The summed E-state index contributed by atoms with van der Waals surface area (Å²) in [7, 11) is 0. The molecule has 2 nitrogen and oxygen atoms in total. The molecule has 0 saturated heterocycles. The van der Waals surface area contributed by atoms with Gasteiger partial charge in [-0.25, -0.2) is 0 Å². The largest absolute Gasteiger partial charge is 0.465 e. The first-order valence-corrected chi connectivity index (χ1v) is 3.71. The Labute approximate surface area is 66.5 Å². The average molecular weight is 152 g/mol.